The zero-order chi connectivity index (χ0) is 25.8. The highest BCUT2D eigenvalue weighted by Gasteiger charge is 2.38. The highest BCUT2D eigenvalue weighted by molar-refractivity contribution is 7.98. The maximum absolute atomic E-state index is 13.8. The summed E-state index contributed by atoms with van der Waals surface area (Å²) in [6.07, 6.45) is 4.50. The van der Waals surface area contributed by atoms with E-state index in [1.807, 2.05) is 42.7 Å². The number of nitrogens with zero attached hydrogens (tertiary/aromatic N) is 2. The molecule has 0 spiro atoms. The third-order valence-electron chi connectivity index (χ3n) is 6.47. The molecule has 0 fully saturated rings. The molecule has 8 nitrogen and oxygen atoms in total. The van der Waals surface area contributed by atoms with Crippen LogP contribution in [0.25, 0.3) is 0 Å². The van der Waals surface area contributed by atoms with Crippen LogP contribution in [0.3, 0.4) is 0 Å². The first kappa shape index (κ1) is 27.3. The number of rotatable bonds is 10. The number of carbonyl (C=O) groups is 1. The van der Waals surface area contributed by atoms with Crippen LogP contribution in [0.5, 0.6) is 5.75 Å². The summed E-state index contributed by atoms with van der Waals surface area (Å²) in [7, 11) is -0.915. The molecule has 1 heterocycles. The van der Waals surface area contributed by atoms with Crippen LogP contribution in [0.2, 0.25) is 0 Å². The van der Waals surface area contributed by atoms with E-state index in [4.69, 9.17) is 9.47 Å². The number of thioether (sulfide) groups is 1. The highest BCUT2D eigenvalue weighted by Crippen LogP contribution is 2.43. The minimum Gasteiger partial charge on any atom is -0.489 e. The molecule has 0 amide bonds. The summed E-state index contributed by atoms with van der Waals surface area (Å²) in [4.78, 5) is 14.5. The summed E-state index contributed by atoms with van der Waals surface area (Å²) in [5.74, 6) is -0.861. The first-order valence-electron chi connectivity index (χ1n) is 11.5. The Balaban J connectivity index is 2.16. The Morgan fingerprint density at radius 3 is 2.51 bits per heavy atom. The first-order valence-corrected chi connectivity index (χ1v) is 14.2. The van der Waals surface area contributed by atoms with Crippen LogP contribution >= 0.6 is 11.8 Å². The molecule has 1 aliphatic heterocycles. The Kier molecular flexibility index (Phi) is 8.74. The van der Waals surface area contributed by atoms with Gasteiger partial charge in [-0.1, -0.05) is 38.0 Å². The zero-order valence-electron chi connectivity index (χ0n) is 20.9. The smallest absolute Gasteiger partial charge is 0.339 e. The van der Waals surface area contributed by atoms with Gasteiger partial charge in [0.2, 0.25) is 10.0 Å². The predicted octanol–water partition coefficient (Wildman–Crippen LogP) is 4.61. The monoisotopic (exact) mass is 522 g/mol. The molecule has 1 N–H and O–H groups in total. The highest BCUT2D eigenvalue weighted by atomic mass is 32.2. The molecule has 0 aliphatic carbocycles. The van der Waals surface area contributed by atoms with Gasteiger partial charge < -0.3 is 19.5 Å². The SMILES string of the molecule is CCCC[C@@H]1CN(c2ccccc2)c2cc(SC)c(OC[C@](C)(OC)C(=O)O)cc2S(=O)(=O)N1C. The molecule has 0 bridgehead atoms. The number of carboxylic acid groups (broad SMARTS) is 1. The number of para-hydroxylation sites is 1. The molecule has 0 saturated heterocycles. The van der Waals surface area contributed by atoms with E-state index in [1.54, 1.807) is 7.05 Å². The third-order valence-corrected chi connectivity index (χ3v) is 9.16. The lowest BCUT2D eigenvalue weighted by Gasteiger charge is -2.29. The number of aliphatic carboxylic acids is 1. The average Bonchev–Trinajstić information content (AvgIpc) is 2.94. The van der Waals surface area contributed by atoms with Crippen molar-refractivity contribution in [3.8, 4) is 5.75 Å². The molecular formula is C25H34N2O6S2. The quantitative estimate of drug-likeness (QED) is 0.452. The second-order valence-corrected chi connectivity index (χ2v) is 11.6. The summed E-state index contributed by atoms with van der Waals surface area (Å²) in [6, 6.07) is 12.9. The van der Waals surface area contributed by atoms with Gasteiger partial charge in [0, 0.05) is 38.5 Å². The van der Waals surface area contributed by atoms with E-state index in [0.717, 1.165) is 24.9 Å². The van der Waals surface area contributed by atoms with Gasteiger partial charge >= 0.3 is 5.97 Å². The largest absolute Gasteiger partial charge is 0.489 e. The summed E-state index contributed by atoms with van der Waals surface area (Å²) in [5.41, 5.74) is -0.0924. The molecule has 2 aromatic carbocycles. The first-order chi connectivity index (χ1) is 16.6. The zero-order valence-corrected chi connectivity index (χ0v) is 22.5. The molecule has 0 radical (unpaired) electrons. The standard InChI is InChI=1S/C25H34N2O6S2/c1-6-7-11-19-16-27(18-12-9-8-10-13-18)20-14-22(34-5)21(15-23(20)35(30,31)26(19)3)33-17-25(2,32-4)24(28)29/h8-10,12-15,19H,6-7,11,16-17H2,1-5H3,(H,28,29)/t19-,25+/m1/s1. The van der Waals surface area contributed by atoms with Gasteiger partial charge in [-0.2, -0.15) is 4.31 Å². The molecule has 10 heteroatoms. The number of unbranched alkanes of at least 4 members (excludes halogenated alkanes) is 1. The summed E-state index contributed by atoms with van der Waals surface area (Å²) in [5, 5.41) is 9.53. The fourth-order valence-corrected chi connectivity index (χ4v) is 6.10. The maximum Gasteiger partial charge on any atom is 0.339 e. The van der Waals surface area contributed by atoms with Gasteiger partial charge in [0.1, 0.15) is 17.3 Å². The molecule has 192 valence electrons. The Labute approximate surface area is 212 Å². The van der Waals surface area contributed by atoms with E-state index >= 15 is 0 Å². The van der Waals surface area contributed by atoms with Crippen molar-refractivity contribution in [2.75, 3.05) is 38.5 Å². The molecule has 1 aliphatic rings. The Morgan fingerprint density at radius 2 is 1.94 bits per heavy atom. The van der Waals surface area contributed by atoms with Crippen molar-refractivity contribution in [3.05, 3.63) is 42.5 Å². The van der Waals surface area contributed by atoms with Crippen molar-refractivity contribution in [3.63, 3.8) is 0 Å². The normalized spacial score (nSPS) is 19.5. The number of hydrogen-bond acceptors (Lipinski definition) is 7. The minimum absolute atomic E-state index is 0.130. The van der Waals surface area contributed by atoms with Gasteiger partial charge in [-0.15, -0.1) is 11.8 Å². The van der Waals surface area contributed by atoms with Crippen LogP contribution in [-0.4, -0.2) is 69.0 Å². The molecule has 3 rings (SSSR count). The van der Waals surface area contributed by atoms with Gasteiger partial charge in [-0.3, -0.25) is 0 Å². The van der Waals surface area contributed by atoms with E-state index in [9.17, 15) is 18.3 Å². The number of carboxylic acids is 1. The number of anilines is 2. The number of hydrogen-bond donors (Lipinski definition) is 1. The van der Waals surface area contributed by atoms with Crippen LogP contribution in [0.4, 0.5) is 11.4 Å². The number of benzene rings is 2. The second-order valence-electron chi connectivity index (χ2n) is 8.76. The molecule has 2 atom stereocenters. The number of methoxy groups -OCH3 is 1. The maximum atomic E-state index is 13.8. The molecule has 0 aromatic heterocycles. The lowest BCUT2D eigenvalue weighted by atomic mass is 10.1. The molecular weight excluding hydrogens is 488 g/mol. The van der Waals surface area contributed by atoms with Crippen LogP contribution in [0, 0.1) is 0 Å². The second kappa shape index (κ2) is 11.2. The van der Waals surface area contributed by atoms with Crippen molar-refractivity contribution in [1.29, 1.82) is 0 Å². The van der Waals surface area contributed by atoms with E-state index in [1.165, 1.54) is 36.2 Å². The van der Waals surface area contributed by atoms with E-state index < -0.39 is 21.6 Å². The van der Waals surface area contributed by atoms with Crippen LogP contribution in [-0.2, 0) is 19.6 Å². The number of sulfonamides is 1. The van der Waals surface area contributed by atoms with Gasteiger partial charge in [0.05, 0.1) is 10.6 Å². The van der Waals surface area contributed by atoms with Crippen LogP contribution in [0.1, 0.15) is 33.1 Å². The topological polar surface area (TPSA) is 96.4 Å². The molecule has 35 heavy (non-hydrogen) atoms. The van der Waals surface area contributed by atoms with E-state index in [-0.39, 0.29) is 17.5 Å². The predicted molar refractivity (Wildman–Crippen MR) is 138 cm³/mol. The number of fused-ring (bicyclic) bond motifs is 1. The van der Waals surface area contributed by atoms with Crippen molar-refractivity contribution in [1.82, 2.24) is 4.31 Å². The lowest BCUT2D eigenvalue weighted by molar-refractivity contribution is -0.163. The van der Waals surface area contributed by atoms with Gasteiger partial charge in [0.15, 0.2) is 5.60 Å². The average molecular weight is 523 g/mol. The molecule has 0 saturated carbocycles. The Morgan fingerprint density at radius 1 is 1.26 bits per heavy atom. The van der Waals surface area contributed by atoms with Crippen molar-refractivity contribution < 1.29 is 27.8 Å². The number of ether oxygens (including phenoxy) is 2. The van der Waals surface area contributed by atoms with E-state index in [2.05, 4.69) is 11.8 Å². The fourth-order valence-electron chi connectivity index (χ4n) is 3.98. The van der Waals surface area contributed by atoms with Crippen molar-refractivity contribution in [2.24, 2.45) is 0 Å². The van der Waals surface area contributed by atoms with Crippen molar-refractivity contribution in [2.45, 2.75) is 54.5 Å². The number of likely N-dealkylation sites (N-methyl/N-ethyl adjacent to an activating group) is 1. The molecule has 0 unspecified atom stereocenters. The summed E-state index contributed by atoms with van der Waals surface area (Å²) in [6.45, 7) is 3.75. The van der Waals surface area contributed by atoms with E-state index in [0.29, 0.717) is 22.9 Å². The van der Waals surface area contributed by atoms with Crippen molar-refractivity contribution >= 4 is 39.1 Å². The third kappa shape index (κ3) is 5.61. The lowest BCUT2D eigenvalue weighted by Crippen LogP contribution is -2.43. The Hall–Kier alpha value is -2.27. The van der Waals surface area contributed by atoms with Crippen LogP contribution in [0.15, 0.2) is 52.3 Å². The Bertz CT molecular complexity index is 1140. The van der Waals surface area contributed by atoms with Gasteiger partial charge in [-0.05, 0) is 37.8 Å². The van der Waals surface area contributed by atoms with Crippen LogP contribution < -0.4 is 9.64 Å². The summed E-state index contributed by atoms with van der Waals surface area (Å²) < 4.78 is 40.1. The summed E-state index contributed by atoms with van der Waals surface area (Å²) >= 11 is 1.41. The van der Waals surface area contributed by atoms with Gasteiger partial charge in [-0.25, -0.2) is 13.2 Å². The molecule has 2 aromatic rings. The fraction of sp³-hybridized carbons (Fsp3) is 0.480. The van der Waals surface area contributed by atoms with Gasteiger partial charge in [0.25, 0.3) is 0 Å². The minimum atomic E-state index is -3.85.